The van der Waals surface area contributed by atoms with Crippen molar-refractivity contribution in [3.05, 3.63) is 27.6 Å². The quantitative estimate of drug-likeness (QED) is 0.484. The van der Waals surface area contributed by atoms with Crippen LogP contribution in [0.2, 0.25) is 0 Å². The lowest BCUT2D eigenvalue weighted by Crippen LogP contribution is -2.19. The summed E-state index contributed by atoms with van der Waals surface area (Å²) >= 11 is 5.04. The third-order valence-electron chi connectivity index (χ3n) is 1.81. The van der Waals surface area contributed by atoms with Gasteiger partial charge in [0.1, 0.15) is 5.69 Å². The molecule has 6 nitrogen and oxygen atoms in total. The van der Waals surface area contributed by atoms with Crippen LogP contribution in [0.5, 0.6) is 5.75 Å². The van der Waals surface area contributed by atoms with E-state index in [4.69, 9.17) is 11.6 Å². The Hall–Kier alpha value is -1.90. The molecule has 0 saturated heterocycles. The summed E-state index contributed by atoms with van der Waals surface area (Å²) in [5.41, 5.74) is -2.15. The largest absolute Gasteiger partial charge is 0.573 e. The molecule has 0 N–H and O–H groups in total. The molecule has 1 rings (SSSR count). The van der Waals surface area contributed by atoms with E-state index in [0.717, 1.165) is 6.92 Å². The van der Waals surface area contributed by atoms with Gasteiger partial charge in [0.25, 0.3) is 5.24 Å². The van der Waals surface area contributed by atoms with E-state index in [0.29, 0.717) is 6.20 Å². The van der Waals surface area contributed by atoms with Crippen molar-refractivity contribution in [3.63, 3.8) is 0 Å². The van der Waals surface area contributed by atoms with Gasteiger partial charge in [0, 0.05) is 0 Å². The highest BCUT2D eigenvalue weighted by Crippen LogP contribution is 2.34. The number of alkyl halides is 3. The summed E-state index contributed by atoms with van der Waals surface area (Å²) in [6.45, 7) is 1.15. The van der Waals surface area contributed by atoms with Crippen molar-refractivity contribution in [1.29, 1.82) is 0 Å². The van der Waals surface area contributed by atoms with Crippen molar-refractivity contribution in [3.8, 4) is 5.75 Å². The fourth-order valence-electron chi connectivity index (χ4n) is 1.19. The Kier molecular flexibility index (Phi) is 3.75. The van der Waals surface area contributed by atoms with Gasteiger partial charge in [0.2, 0.25) is 0 Å². The van der Waals surface area contributed by atoms with Crippen LogP contribution < -0.4 is 4.74 Å². The van der Waals surface area contributed by atoms with Crippen molar-refractivity contribution in [1.82, 2.24) is 4.98 Å². The van der Waals surface area contributed by atoms with Crippen molar-refractivity contribution in [2.24, 2.45) is 0 Å². The molecule has 0 spiro atoms. The molecular weight excluding hydrogens is 281 g/mol. The topological polar surface area (TPSA) is 82.3 Å². The first-order valence-corrected chi connectivity index (χ1v) is 4.61. The zero-order valence-corrected chi connectivity index (χ0v) is 9.37. The molecule has 1 aromatic rings. The zero-order valence-electron chi connectivity index (χ0n) is 8.62. The molecule has 0 radical (unpaired) electrons. The van der Waals surface area contributed by atoms with Gasteiger partial charge in [0.15, 0.2) is 11.3 Å². The lowest BCUT2D eigenvalue weighted by atomic mass is 10.2. The number of pyridine rings is 1. The van der Waals surface area contributed by atoms with Crippen LogP contribution in [0.1, 0.15) is 16.1 Å². The number of hydrogen-bond donors (Lipinski definition) is 0. The van der Waals surface area contributed by atoms with Crippen LogP contribution in [0.15, 0.2) is 6.20 Å². The van der Waals surface area contributed by atoms with E-state index in [-0.39, 0.29) is 5.69 Å². The number of aryl methyl sites for hydroxylation is 1. The van der Waals surface area contributed by atoms with Crippen molar-refractivity contribution >= 4 is 22.5 Å². The highest BCUT2D eigenvalue weighted by Gasteiger charge is 2.36. The highest BCUT2D eigenvalue weighted by molar-refractivity contribution is 6.68. The molecule has 98 valence electrons. The van der Waals surface area contributed by atoms with Crippen LogP contribution in [0.25, 0.3) is 0 Å². The van der Waals surface area contributed by atoms with E-state index >= 15 is 0 Å². The third-order valence-corrected chi connectivity index (χ3v) is 2.00. The minimum atomic E-state index is -5.12. The molecule has 10 heteroatoms. The van der Waals surface area contributed by atoms with Gasteiger partial charge in [-0.1, -0.05) is 0 Å². The fraction of sp³-hybridized carbons (Fsp3) is 0.250. The number of nitrogens with zero attached hydrogens (tertiary/aromatic N) is 2. The second-order valence-electron chi connectivity index (χ2n) is 3.01. The van der Waals surface area contributed by atoms with Crippen LogP contribution in [0.4, 0.5) is 18.9 Å². The molecular formula is C8H4ClF3N2O4. The number of ether oxygens (including phenoxy) is 1. The molecule has 0 aliphatic rings. The molecule has 1 heterocycles. The number of carbonyl (C=O) groups is 1. The molecule has 0 fully saturated rings. The molecule has 1 aromatic heterocycles. The minimum Gasteiger partial charge on any atom is -0.403 e. The Morgan fingerprint density at radius 1 is 1.56 bits per heavy atom. The second-order valence-corrected chi connectivity index (χ2v) is 3.35. The van der Waals surface area contributed by atoms with E-state index < -0.39 is 33.5 Å². The van der Waals surface area contributed by atoms with Crippen molar-refractivity contribution in [2.45, 2.75) is 13.3 Å². The van der Waals surface area contributed by atoms with Crippen molar-refractivity contribution in [2.75, 3.05) is 0 Å². The van der Waals surface area contributed by atoms with E-state index in [1.54, 1.807) is 0 Å². The van der Waals surface area contributed by atoms with Crippen LogP contribution >= 0.6 is 11.6 Å². The van der Waals surface area contributed by atoms with E-state index in [1.165, 1.54) is 0 Å². The first kappa shape index (κ1) is 14.2. The van der Waals surface area contributed by atoms with Gasteiger partial charge < -0.3 is 4.74 Å². The molecule has 0 aromatic carbocycles. The van der Waals surface area contributed by atoms with Crippen LogP contribution in [0.3, 0.4) is 0 Å². The first-order chi connectivity index (χ1) is 8.13. The summed E-state index contributed by atoms with van der Waals surface area (Å²) in [7, 11) is 0. The van der Waals surface area contributed by atoms with E-state index in [2.05, 4.69) is 9.72 Å². The fourth-order valence-corrected chi connectivity index (χ4v) is 1.38. The summed E-state index contributed by atoms with van der Waals surface area (Å²) in [5, 5.41) is 9.24. The Balaban J connectivity index is 3.49. The summed E-state index contributed by atoms with van der Waals surface area (Å²) in [6, 6.07) is 0. The zero-order chi connectivity index (χ0) is 14.1. The summed E-state index contributed by atoms with van der Waals surface area (Å²) < 4.78 is 39.6. The minimum absolute atomic E-state index is 0.251. The number of halogens is 4. The van der Waals surface area contributed by atoms with Gasteiger partial charge in [-0.3, -0.25) is 19.9 Å². The molecule has 0 aliphatic heterocycles. The molecule has 0 bridgehead atoms. The van der Waals surface area contributed by atoms with Gasteiger partial charge in [-0.2, -0.15) is 0 Å². The summed E-state index contributed by atoms with van der Waals surface area (Å²) in [5.74, 6) is -1.11. The monoisotopic (exact) mass is 284 g/mol. The summed E-state index contributed by atoms with van der Waals surface area (Å²) in [6.07, 6.45) is -4.57. The van der Waals surface area contributed by atoms with Gasteiger partial charge in [-0.25, -0.2) is 0 Å². The average molecular weight is 285 g/mol. The highest BCUT2D eigenvalue weighted by atomic mass is 35.5. The van der Waals surface area contributed by atoms with Gasteiger partial charge in [-0.15, -0.1) is 13.2 Å². The molecule has 0 aliphatic carbocycles. The first-order valence-electron chi connectivity index (χ1n) is 4.23. The Morgan fingerprint density at radius 3 is 2.50 bits per heavy atom. The normalized spacial score (nSPS) is 11.2. The van der Waals surface area contributed by atoms with Crippen molar-refractivity contribution < 1.29 is 27.6 Å². The smallest absolute Gasteiger partial charge is 0.403 e. The van der Waals surface area contributed by atoms with Gasteiger partial charge >= 0.3 is 12.0 Å². The SMILES string of the molecule is Cc1ncc(OC(F)(F)F)c(C(=O)Cl)c1[N+](=O)[O-]. The number of nitro groups is 1. The predicted molar refractivity (Wildman–Crippen MR) is 52.5 cm³/mol. The maximum Gasteiger partial charge on any atom is 0.573 e. The number of aromatic nitrogens is 1. The Bertz CT molecular complexity index is 518. The van der Waals surface area contributed by atoms with E-state index in [1.807, 2.05) is 0 Å². The van der Waals surface area contributed by atoms with Crippen LogP contribution in [-0.2, 0) is 0 Å². The Labute approximate surface area is 102 Å². The molecule has 18 heavy (non-hydrogen) atoms. The lowest BCUT2D eigenvalue weighted by molar-refractivity contribution is -0.386. The maximum absolute atomic E-state index is 12.0. The maximum atomic E-state index is 12.0. The van der Waals surface area contributed by atoms with Gasteiger partial charge in [0.05, 0.1) is 11.1 Å². The lowest BCUT2D eigenvalue weighted by Gasteiger charge is -2.11. The van der Waals surface area contributed by atoms with Crippen LogP contribution in [-0.4, -0.2) is 21.5 Å². The van der Waals surface area contributed by atoms with Crippen LogP contribution in [0, 0.1) is 17.0 Å². The van der Waals surface area contributed by atoms with E-state index in [9.17, 15) is 28.1 Å². The predicted octanol–water partition coefficient (Wildman–Crippen LogP) is 2.58. The average Bonchev–Trinajstić information content (AvgIpc) is 2.17. The molecule has 0 saturated carbocycles. The standard InChI is InChI=1S/C8H4ClF3N2O4/c1-3-6(14(16)17)5(7(9)15)4(2-13-3)18-8(10,11)12/h2H,1H3. The second kappa shape index (κ2) is 4.77. The number of carbonyl (C=O) groups excluding carboxylic acids is 1. The molecule has 0 unspecified atom stereocenters. The summed E-state index contributed by atoms with van der Waals surface area (Å²) in [4.78, 5) is 24.0. The molecule has 0 atom stereocenters. The third kappa shape index (κ3) is 3.06. The number of hydrogen-bond acceptors (Lipinski definition) is 5. The molecule has 0 amide bonds. The Morgan fingerprint density at radius 2 is 2.11 bits per heavy atom. The van der Waals surface area contributed by atoms with Gasteiger partial charge in [-0.05, 0) is 18.5 Å². The number of rotatable bonds is 3.